The minimum Gasteiger partial charge on any atom is -0.372 e. The Bertz CT molecular complexity index is 1080. The zero-order valence-corrected chi connectivity index (χ0v) is 19.2. The predicted octanol–water partition coefficient (Wildman–Crippen LogP) is 3.66. The maximum absolute atomic E-state index is 12.5. The average molecular weight is 442 g/mol. The summed E-state index contributed by atoms with van der Waals surface area (Å²) in [7, 11) is 0. The molecule has 9 heteroatoms. The highest BCUT2D eigenvalue weighted by molar-refractivity contribution is 7.19. The molecular weight excluding hydrogens is 414 g/mol. The highest BCUT2D eigenvalue weighted by Gasteiger charge is 2.26. The lowest BCUT2D eigenvalue weighted by molar-refractivity contribution is -0.00523. The van der Waals surface area contributed by atoms with Gasteiger partial charge in [0.2, 0.25) is 0 Å². The molecule has 0 aromatic carbocycles. The second-order valence-corrected chi connectivity index (χ2v) is 9.06. The molecule has 3 aromatic heterocycles. The van der Waals surface area contributed by atoms with Crippen LogP contribution in [-0.2, 0) is 11.3 Å². The summed E-state index contributed by atoms with van der Waals surface area (Å²) in [6.07, 6.45) is 2.16. The lowest BCUT2D eigenvalue weighted by atomic mass is 10.1. The first kappa shape index (κ1) is 21.5. The Morgan fingerprint density at radius 2 is 1.97 bits per heavy atom. The quantitative estimate of drug-likeness (QED) is 0.646. The van der Waals surface area contributed by atoms with Crippen LogP contribution in [0.5, 0.6) is 0 Å². The largest absolute Gasteiger partial charge is 0.372 e. The van der Waals surface area contributed by atoms with Crippen molar-refractivity contribution < 1.29 is 14.1 Å². The van der Waals surface area contributed by atoms with Crippen LogP contribution in [0.3, 0.4) is 0 Å². The van der Waals surface area contributed by atoms with E-state index < -0.39 is 0 Å². The number of aryl methyl sites for hydroxylation is 3. The van der Waals surface area contributed by atoms with Gasteiger partial charge in [0, 0.05) is 31.0 Å². The number of amides is 1. The molecular formula is C22H27N5O3S. The van der Waals surface area contributed by atoms with Crippen molar-refractivity contribution >= 4 is 22.4 Å². The number of anilines is 1. The smallest absolute Gasteiger partial charge is 0.273 e. The molecule has 0 spiro atoms. The third-order valence-electron chi connectivity index (χ3n) is 5.14. The number of carbonyl (C=O) groups excluding carboxylic acids is 1. The highest BCUT2D eigenvalue weighted by Crippen LogP contribution is 2.37. The fourth-order valence-corrected chi connectivity index (χ4v) is 4.92. The number of pyridine rings is 1. The molecule has 0 unspecified atom stereocenters. The summed E-state index contributed by atoms with van der Waals surface area (Å²) in [6.45, 7) is 11.8. The number of ether oxygens (including phenoxy) is 1. The van der Waals surface area contributed by atoms with E-state index in [-0.39, 0.29) is 23.8 Å². The van der Waals surface area contributed by atoms with Gasteiger partial charge >= 0.3 is 0 Å². The Balaban J connectivity index is 1.65. The SMILES string of the molecule is Cc1cc(-c2sc(N3C[C@@H](C)O[C@@H](C)C3)nc2CNC(=O)c2cc(C)on2)c(C)cn1. The van der Waals surface area contributed by atoms with Crippen LogP contribution in [0, 0.1) is 20.8 Å². The Morgan fingerprint density at radius 1 is 1.23 bits per heavy atom. The van der Waals surface area contributed by atoms with Crippen LogP contribution in [0.15, 0.2) is 22.9 Å². The third kappa shape index (κ3) is 4.77. The van der Waals surface area contributed by atoms with Gasteiger partial charge in [0.05, 0.1) is 29.3 Å². The van der Waals surface area contributed by atoms with Crippen LogP contribution < -0.4 is 10.2 Å². The summed E-state index contributed by atoms with van der Waals surface area (Å²) in [4.78, 5) is 25.1. The van der Waals surface area contributed by atoms with Gasteiger partial charge in [-0.1, -0.05) is 16.5 Å². The first-order chi connectivity index (χ1) is 14.8. The van der Waals surface area contributed by atoms with Gasteiger partial charge in [0.25, 0.3) is 5.91 Å². The Labute approximate surface area is 185 Å². The third-order valence-corrected chi connectivity index (χ3v) is 6.33. The van der Waals surface area contributed by atoms with Gasteiger partial charge in [-0.3, -0.25) is 9.78 Å². The first-order valence-corrected chi connectivity index (χ1v) is 11.2. The average Bonchev–Trinajstić information content (AvgIpc) is 3.34. The van der Waals surface area contributed by atoms with Crippen molar-refractivity contribution in [3.63, 3.8) is 0 Å². The topological polar surface area (TPSA) is 93.4 Å². The second-order valence-electron chi connectivity index (χ2n) is 8.08. The summed E-state index contributed by atoms with van der Waals surface area (Å²) in [6, 6.07) is 3.69. The van der Waals surface area contributed by atoms with Crippen LogP contribution in [0.1, 0.15) is 47.0 Å². The minimum atomic E-state index is -0.284. The molecule has 31 heavy (non-hydrogen) atoms. The summed E-state index contributed by atoms with van der Waals surface area (Å²) in [5.74, 6) is 0.314. The number of rotatable bonds is 5. The molecule has 4 heterocycles. The van der Waals surface area contributed by atoms with E-state index in [4.69, 9.17) is 14.2 Å². The molecule has 1 aliphatic heterocycles. The van der Waals surface area contributed by atoms with E-state index in [9.17, 15) is 4.79 Å². The number of carbonyl (C=O) groups is 1. The summed E-state index contributed by atoms with van der Waals surface area (Å²) >= 11 is 1.64. The lowest BCUT2D eigenvalue weighted by Gasteiger charge is -2.35. The standard InChI is InChI=1S/C22H27N5O3S/c1-12-8-23-13(2)6-17(12)20-19(9-24-21(28)18-7-14(3)30-26-18)25-22(31-20)27-10-15(4)29-16(5)11-27/h6-8,15-16H,9-11H2,1-5H3,(H,24,28)/t15-,16+. The van der Waals surface area contributed by atoms with Crippen LogP contribution in [0.4, 0.5) is 5.13 Å². The van der Waals surface area contributed by atoms with E-state index in [0.717, 1.165) is 45.6 Å². The van der Waals surface area contributed by atoms with Crippen molar-refractivity contribution in [1.82, 2.24) is 20.4 Å². The molecule has 1 saturated heterocycles. The molecule has 0 bridgehead atoms. The fraction of sp³-hybridized carbons (Fsp3) is 0.455. The van der Waals surface area contributed by atoms with Gasteiger partial charge in [-0.05, 0) is 51.8 Å². The summed E-state index contributed by atoms with van der Waals surface area (Å²) in [5.41, 5.74) is 4.20. The van der Waals surface area contributed by atoms with Gasteiger partial charge in [0.15, 0.2) is 10.8 Å². The zero-order chi connectivity index (χ0) is 22.1. The van der Waals surface area contributed by atoms with Gasteiger partial charge in [-0.2, -0.15) is 0 Å². The van der Waals surface area contributed by atoms with E-state index in [1.165, 1.54) is 0 Å². The number of hydrogen-bond acceptors (Lipinski definition) is 8. The zero-order valence-electron chi connectivity index (χ0n) is 18.4. The summed E-state index contributed by atoms with van der Waals surface area (Å²) in [5, 5.41) is 7.66. The van der Waals surface area contributed by atoms with Crippen molar-refractivity contribution in [1.29, 1.82) is 0 Å². The monoisotopic (exact) mass is 441 g/mol. The van der Waals surface area contributed by atoms with Gasteiger partial charge < -0.3 is 19.5 Å². The Kier molecular flexibility index (Phi) is 6.06. The van der Waals surface area contributed by atoms with E-state index >= 15 is 0 Å². The number of aromatic nitrogens is 3. The molecule has 3 aromatic rings. The van der Waals surface area contributed by atoms with Crippen molar-refractivity contribution in [3.8, 4) is 10.4 Å². The lowest BCUT2D eigenvalue weighted by Crippen LogP contribution is -2.45. The minimum absolute atomic E-state index is 0.138. The van der Waals surface area contributed by atoms with Crippen LogP contribution in [0.2, 0.25) is 0 Å². The van der Waals surface area contributed by atoms with Crippen LogP contribution >= 0.6 is 11.3 Å². The van der Waals surface area contributed by atoms with E-state index in [0.29, 0.717) is 12.3 Å². The Morgan fingerprint density at radius 3 is 2.65 bits per heavy atom. The highest BCUT2D eigenvalue weighted by atomic mass is 32.1. The van der Waals surface area contributed by atoms with Gasteiger partial charge in [0.1, 0.15) is 5.76 Å². The number of morpholine rings is 1. The number of nitrogens with zero attached hydrogens (tertiary/aromatic N) is 4. The van der Waals surface area contributed by atoms with E-state index in [1.807, 2.05) is 20.0 Å². The normalized spacial score (nSPS) is 18.9. The first-order valence-electron chi connectivity index (χ1n) is 10.4. The molecule has 8 nitrogen and oxygen atoms in total. The number of thiazole rings is 1. The molecule has 0 aliphatic carbocycles. The van der Waals surface area contributed by atoms with Crippen molar-refractivity contribution in [2.75, 3.05) is 18.0 Å². The molecule has 0 radical (unpaired) electrons. The van der Waals surface area contributed by atoms with E-state index in [1.54, 1.807) is 24.3 Å². The van der Waals surface area contributed by atoms with Crippen LogP contribution in [-0.4, -0.2) is 46.3 Å². The summed E-state index contributed by atoms with van der Waals surface area (Å²) < 4.78 is 10.9. The van der Waals surface area contributed by atoms with E-state index in [2.05, 4.69) is 40.3 Å². The molecule has 1 aliphatic rings. The maximum atomic E-state index is 12.5. The van der Waals surface area contributed by atoms with Crippen molar-refractivity contribution in [3.05, 3.63) is 46.7 Å². The second kappa shape index (κ2) is 8.76. The molecule has 2 atom stereocenters. The predicted molar refractivity (Wildman–Crippen MR) is 119 cm³/mol. The number of nitrogens with one attached hydrogen (secondary N) is 1. The van der Waals surface area contributed by atoms with Crippen molar-refractivity contribution in [2.45, 2.75) is 53.4 Å². The fourth-order valence-electron chi connectivity index (χ4n) is 3.74. The molecule has 1 amide bonds. The van der Waals surface area contributed by atoms with Gasteiger partial charge in [-0.25, -0.2) is 4.98 Å². The molecule has 1 fully saturated rings. The molecule has 1 N–H and O–H groups in total. The maximum Gasteiger partial charge on any atom is 0.273 e. The number of hydrogen-bond donors (Lipinski definition) is 1. The van der Waals surface area contributed by atoms with Gasteiger partial charge in [-0.15, -0.1) is 0 Å². The molecule has 4 rings (SSSR count). The molecule has 0 saturated carbocycles. The van der Waals surface area contributed by atoms with Crippen molar-refractivity contribution in [2.24, 2.45) is 0 Å². The van der Waals surface area contributed by atoms with Crippen LogP contribution in [0.25, 0.3) is 10.4 Å². The Hall–Kier alpha value is -2.78. The molecule has 164 valence electrons.